The van der Waals surface area contributed by atoms with Crippen LogP contribution < -0.4 is 5.32 Å². The SMILES string of the molecule is O=C(Nc1ccc(Cl)cc1)C1CN(C(=O)c2cccc(-n3cccn3)c2)CC(F)(F)C1. The standard InChI is InChI=1S/C22H19ClF2N4O2/c23-17-5-7-18(8-6-17)27-20(30)16-12-22(24,25)14-28(13-16)21(31)15-3-1-4-19(11-15)29-10-2-9-26-29/h1-11,16H,12-14H2,(H,27,30). The van der Waals surface area contributed by atoms with Crippen molar-refractivity contribution in [3.63, 3.8) is 0 Å². The fourth-order valence-corrected chi connectivity index (χ4v) is 3.72. The maximum atomic E-state index is 14.4. The lowest BCUT2D eigenvalue weighted by Crippen LogP contribution is -2.52. The van der Waals surface area contributed by atoms with Crippen LogP contribution in [-0.2, 0) is 4.79 Å². The van der Waals surface area contributed by atoms with Crippen LogP contribution in [0.4, 0.5) is 14.5 Å². The summed E-state index contributed by atoms with van der Waals surface area (Å²) in [6, 6.07) is 14.7. The molecule has 0 spiro atoms. The van der Waals surface area contributed by atoms with E-state index in [-0.39, 0.29) is 12.1 Å². The zero-order valence-corrected chi connectivity index (χ0v) is 17.1. The first-order valence-electron chi connectivity index (χ1n) is 9.64. The number of likely N-dealkylation sites (tertiary alicyclic amines) is 1. The number of rotatable bonds is 4. The van der Waals surface area contributed by atoms with Crippen LogP contribution in [0.2, 0.25) is 5.02 Å². The molecule has 1 fully saturated rings. The molecule has 3 aromatic rings. The van der Waals surface area contributed by atoms with Gasteiger partial charge in [-0.15, -0.1) is 0 Å². The molecule has 160 valence electrons. The van der Waals surface area contributed by atoms with Crippen molar-refractivity contribution in [3.8, 4) is 5.69 Å². The number of aromatic nitrogens is 2. The van der Waals surface area contributed by atoms with Crippen LogP contribution in [0.5, 0.6) is 0 Å². The molecule has 31 heavy (non-hydrogen) atoms. The van der Waals surface area contributed by atoms with Crippen LogP contribution in [0.1, 0.15) is 16.8 Å². The minimum atomic E-state index is -3.17. The van der Waals surface area contributed by atoms with Gasteiger partial charge in [-0.05, 0) is 48.5 Å². The van der Waals surface area contributed by atoms with Crippen molar-refractivity contribution in [2.45, 2.75) is 12.3 Å². The minimum Gasteiger partial charge on any atom is -0.332 e. The Bertz CT molecular complexity index is 1090. The van der Waals surface area contributed by atoms with Gasteiger partial charge in [0.15, 0.2) is 0 Å². The monoisotopic (exact) mass is 444 g/mol. The quantitative estimate of drug-likeness (QED) is 0.653. The molecule has 0 bridgehead atoms. The molecule has 2 heterocycles. The average molecular weight is 445 g/mol. The normalized spacial score (nSPS) is 17.9. The van der Waals surface area contributed by atoms with Crippen LogP contribution in [0.3, 0.4) is 0 Å². The fourth-order valence-electron chi connectivity index (χ4n) is 3.59. The van der Waals surface area contributed by atoms with E-state index in [1.54, 1.807) is 71.7 Å². The number of carbonyl (C=O) groups excluding carboxylic acids is 2. The topological polar surface area (TPSA) is 67.2 Å². The Morgan fingerprint density at radius 3 is 2.61 bits per heavy atom. The highest BCUT2D eigenvalue weighted by atomic mass is 35.5. The van der Waals surface area contributed by atoms with Crippen LogP contribution in [0, 0.1) is 5.92 Å². The molecule has 4 rings (SSSR count). The Morgan fingerprint density at radius 1 is 1.13 bits per heavy atom. The first-order chi connectivity index (χ1) is 14.8. The summed E-state index contributed by atoms with van der Waals surface area (Å²) >= 11 is 5.83. The van der Waals surface area contributed by atoms with Gasteiger partial charge < -0.3 is 10.2 Å². The van der Waals surface area contributed by atoms with E-state index < -0.39 is 36.6 Å². The lowest BCUT2D eigenvalue weighted by atomic mass is 9.93. The molecule has 2 aromatic carbocycles. The van der Waals surface area contributed by atoms with Crippen molar-refractivity contribution in [1.82, 2.24) is 14.7 Å². The van der Waals surface area contributed by atoms with Gasteiger partial charge in [-0.3, -0.25) is 9.59 Å². The highest BCUT2D eigenvalue weighted by molar-refractivity contribution is 6.30. The van der Waals surface area contributed by atoms with E-state index in [1.807, 2.05) is 0 Å². The van der Waals surface area contributed by atoms with Crippen LogP contribution >= 0.6 is 11.6 Å². The number of amides is 2. The molecule has 1 aromatic heterocycles. The zero-order valence-electron chi connectivity index (χ0n) is 16.3. The highest BCUT2D eigenvalue weighted by Crippen LogP contribution is 2.32. The number of nitrogens with one attached hydrogen (secondary N) is 1. The van der Waals surface area contributed by atoms with Crippen molar-refractivity contribution in [1.29, 1.82) is 0 Å². The fraction of sp³-hybridized carbons (Fsp3) is 0.227. The molecule has 6 nitrogen and oxygen atoms in total. The largest absolute Gasteiger partial charge is 0.332 e. The van der Waals surface area contributed by atoms with E-state index in [9.17, 15) is 18.4 Å². The van der Waals surface area contributed by atoms with Gasteiger partial charge in [0.25, 0.3) is 11.8 Å². The van der Waals surface area contributed by atoms with Gasteiger partial charge in [0, 0.05) is 41.6 Å². The zero-order chi connectivity index (χ0) is 22.0. The van der Waals surface area contributed by atoms with Crippen LogP contribution in [0.25, 0.3) is 5.69 Å². The molecule has 1 saturated heterocycles. The third-order valence-electron chi connectivity index (χ3n) is 5.04. The number of alkyl halides is 2. The second-order valence-electron chi connectivity index (χ2n) is 7.44. The van der Waals surface area contributed by atoms with Gasteiger partial charge in [0.2, 0.25) is 5.91 Å². The summed E-state index contributed by atoms with van der Waals surface area (Å²) in [7, 11) is 0. The van der Waals surface area contributed by atoms with Crippen molar-refractivity contribution in [2.75, 3.05) is 18.4 Å². The summed E-state index contributed by atoms with van der Waals surface area (Å²) in [4.78, 5) is 26.7. The van der Waals surface area contributed by atoms with Gasteiger partial charge in [-0.25, -0.2) is 13.5 Å². The van der Waals surface area contributed by atoms with Gasteiger partial charge in [-0.2, -0.15) is 5.10 Å². The first kappa shape index (κ1) is 21.0. The van der Waals surface area contributed by atoms with E-state index in [0.29, 0.717) is 16.4 Å². The lowest BCUT2D eigenvalue weighted by Gasteiger charge is -2.37. The Morgan fingerprint density at radius 2 is 1.90 bits per heavy atom. The third-order valence-corrected chi connectivity index (χ3v) is 5.29. The predicted octanol–water partition coefficient (Wildman–Crippen LogP) is 4.26. The van der Waals surface area contributed by atoms with E-state index in [4.69, 9.17) is 11.6 Å². The Hall–Kier alpha value is -3.26. The summed E-state index contributed by atoms with van der Waals surface area (Å²) in [5.41, 5.74) is 1.34. The van der Waals surface area contributed by atoms with Crippen molar-refractivity contribution < 1.29 is 18.4 Å². The number of benzene rings is 2. The van der Waals surface area contributed by atoms with E-state index >= 15 is 0 Å². The lowest BCUT2D eigenvalue weighted by molar-refractivity contribution is -0.130. The molecule has 1 unspecified atom stereocenters. The number of hydrogen-bond donors (Lipinski definition) is 1. The molecule has 0 radical (unpaired) electrons. The number of piperidine rings is 1. The number of anilines is 1. The summed E-state index contributed by atoms with van der Waals surface area (Å²) in [6.07, 6.45) is 2.70. The van der Waals surface area contributed by atoms with Gasteiger partial charge in [0.05, 0.1) is 18.2 Å². The maximum Gasteiger partial charge on any atom is 0.266 e. The van der Waals surface area contributed by atoms with Gasteiger partial charge >= 0.3 is 0 Å². The second kappa shape index (κ2) is 8.47. The number of nitrogens with zero attached hydrogens (tertiary/aromatic N) is 3. The maximum absolute atomic E-state index is 14.4. The molecule has 0 aliphatic carbocycles. The highest BCUT2D eigenvalue weighted by Gasteiger charge is 2.44. The molecular weight excluding hydrogens is 426 g/mol. The predicted molar refractivity (Wildman–Crippen MR) is 113 cm³/mol. The number of hydrogen-bond acceptors (Lipinski definition) is 3. The molecule has 9 heteroatoms. The molecular formula is C22H19ClF2N4O2. The summed E-state index contributed by atoms with van der Waals surface area (Å²) in [5, 5.41) is 7.23. The number of halogens is 3. The summed E-state index contributed by atoms with van der Waals surface area (Å²) in [5.74, 6) is -5.34. The van der Waals surface area contributed by atoms with Crippen LogP contribution in [-0.4, -0.2) is 45.5 Å². The molecule has 0 saturated carbocycles. The molecule has 1 atom stereocenters. The van der Waals surface area contributed by atoms with Crippen molar-refractivity contribution in [2.24, 2.45) is 5.92 Å². The molecule has 2 amide bonds. The average Bonchev–Trinajstić information content (AvgIpc) is 3.29. The van der Waals surface area contributed by atoms with E-state index in [2.05, 4.69) is 10.4 Å². The van der Waals surface area contributed by atoms with Crippen molar-refractivity contribution >= 4 is 29.1 Å². The molecule has 1 aliphatic rings. The molecule has 1 aliphatic heterocycles. The summed E-state index contributed by atoms with van der Waals surface area (Å²) < 4.78 is 30.4. The Balaban J connectivity index is 1.51. The van der Waals surface area contributed by atoms with Gasteiger partial charge in [-0.1, -0.05) is 17.7 Å². The second-order valence-corrected chi connectivity index (χ2v) is 7.88. The third kappa shape index (κ3) is 4.91. The Labute approximate surface area is 182 Å². The van der Waals surface area contributed by atoms with E-state index in [0.717, 1.165) is 4.90 Å². The smallest absolute Gasteiger partial charge is 0.266 e. The first-order valence-corrected chi connectivity index (χ1v) is 10.0. The summed E-state index contributed by atoms with van der Waals surface area (Å²) in [6.45, 7) is -0.831. The molecule has 1 N–H and O–H groups in total. The van der Waals surface area contributed by atoms with Crippen LogP contribution in [0.15, 0.2) is 67.0 Å². The van der Waals surface area contributed by atoms with E-state index in [1.165, 1.54) is 0 Å². The minimum absolute atomic E-state index is 0.0974. The number of carbonyl (C=O) groups is 2. The Kier molecular flexibility index (Phi) is 5.73. The van der Waals surface area contributed by atoms with Gasteiger partial charge in [0.1, 0.15) is 0 Å². The van der Waals surface area contributed by atoms with Crippen molar-refractivity contribution in [3.05, 3.63) is 77.6 Å².